The van der Waals surface area contributed by atoms with Crippen molar-refractivity contribution >= 4 is 15.9 Å². The number of halogens is 1. The fraction of sp³-hybridized carbons (Fsp3) is 1.00. The van der Waals surface area contributed by atoms with Crippen molar-refractivity contribution in [2.45, 2.75) is 46.5 Å². The van der Waals surface area contributed by atoms with Crippen LogP contribution < -0.4 is 0 Å². The minimum atomic E-state index is 0.869. The van der Waals surface area contributed by atoms with E-state index in [1.165, 1.54) is 31.0 Å². The van der Waals surface area contributed by atoms with Crippen molar-refractivity contribution < 1.29 is 0 Å². The van der Waals surface area contributed by atoms with Crippen LogP contribution in [0.2, 0.25) is 0 Å². The first-order valence-corrected chi connectivity index (χ1v) is 5.88. The molecular weight excluding hydrogens is 200 g/mol. The van der Waals surface area contributed by atoms with E-state index in [1.54, 1.807) is 0 Å². The molecule has 1 heteroatoms. The first-order chi connectivity index (χ1) is 5.20. The van der Waals surface area contributed by atoms with Gasteiger partial charge < -0.3 is 0 Å². The zero-order chi connectivity index (χ0) is 8.69. The van der Waals surface area contributed by atoms with E-state index in [1.807, 2.05) is 0 Å². The summed E-state index contributed by atoms with van der Waals surface area (Å²) in [5.74, 6) is 1.79. The molecule has 0 N–H and O–H groups in total. The summed E-state index contributed by atoms with van der Waals surface area (Å²) in [5.41, 5.74) is 0. The van der Waals surface area contributed by atoms with Crippen LogP contribution in [0.3, 0.4) is 0 Å². The van der Waals surface area contributed by atoms with Gasteiger partial charge in [0.15, 0.2) is 0 Å². The van der Waals surface area contributed by atoms with Crippen LogP contribution in [-0.4, -0.2) is 5.33 Å². The molecule has 11 heavy (non-hydrogen) atoms. The summed E-state index contributed by atoms with van der Waals surface area (Å²) in [5, 5.41) is 1.19. The lowest BCUT2D eigenvalue weighted by Crippen LogP contribution is -2.03. The molecule has 0 fully saturated rings. The average molecular weight is 221 g/mol. The van der Waals surface area contributed by atoms with Crippen molar-refractivity contribution in [2.24, 2.45) is 11.8 Å². The van der Waals surface area contributed by atoms with Crippen LogP contribution >= 0.6 is 15.9 Å². The number of rotatable bonds is 6. The van der Waals surface area contributed by atoms with Gasteiger partial charge in [-0.2, -0.15) is 0 Å². The summed E-state index contributed by atoms with van der Waals surface area (Å²) in [7, 11) is 0. The lowest BCUT2D eigenvalue weighted by molar-refractivity contribution is 0.432. The normalized spacial score (nSPS) is 13.9. The van der Waals surface area contributed by atoms with Crippen molar-refractivity contribution in [1.29, 1.82) is 0 Å². The molecule has 0 aromatic carbocycles. The van der Waals surface area contributed by atoms with E-state index in [9.17, 15) is 0 Å². The van der Waals surface area contributed by atoms with Crippen molar-refractivity contribution in [1.82, 2.24) is 0 Å². The molecule has 1 atom stereocenters. The van der Waals surface area contributed by atoms with Gasteiger partial charge in [0.25, 0.3) is 0 Å². The van der Waals surface area contributed by atoms with E-state index >= 15 is 0 Å². The molecule has 0 heterocycles. The molecular formula is C10H21Br. The lowest BCUT2D eigenvalue weighted by atomic mass is 9.96. The van der Waals surface area contributed by atoms with Crippen LogP contribution in [0, 0.1) is 11.8 Å². The van der Waals surface area contributed by atoms with E-state index in [0.717, 1.165) is 11.8 Å². The van der Waals surface area contributed by atoms with E-state index in [4.69, 9.17) is 0 Å². The van der Waals surface area contributed by atoms with Crippen LogP contribution in [-0.2, 0) is 0 Å². The van der Waals surface area contributed by atoms with Crippen LogP contribution in [0.15, 0.2) is 0 Å². The predicted molar refractivity (Wildman–Crippen MR) is 56.3 cm³/mol. The third-order valence-electron chi connectivity index (χ3n) is 2.07. The Morgan fingerprint density at radius 3 is 2.09 bits per heavy atom. The molecule has 0 aliphatic rings. The Hall–Kier alpha value is 0.480. The monoisotopic (exact) mass is 220 g/mol. The fourth-order valence-electron chi connectivity index (χ4n) is 1.28. The van der Waals surface area contributed by atoms with Gasteiger partial charge in [-0.3, -0.25) is 0 Å². The third kappa shape index (κ3) is 6.86. The highest BCUT2D eigenvalue weighted by molar-refractivity contribution is 9.09. The third-order valence-corrected chi connectivity index (χ3v) is 2.98. The minimum absolute atomic E-state index is 0.869. The van der Waals surface area contributed by atoms with Crippen molar-refractivity contribution in [3.63, 3.8) is 0 Å². The first-order valence-electron chi connectivity index (χ1n) is 4.76. The van der Waals surface area contributed by atoms with E-state index in [-0.39, 0.29) is 0 Å². The molecule has 0 amide bonds. The molecule has 0 radical (unpaired) electrons. The summed E-state index contributed by atoms with van der Waals surface area (Å²) in [6, 6.07) is 0. The number of alkyl halides is 1. The first kappa shape index (κ1) is 11.5. The number of hydrogen-bond acceptors (Lipinski definition) is 0. The Bertz CT molecular complexity index is 78.9. The molecule has 1 unspecified atom stereocenters. The topological polar surface area (TPSA) is 0 Å². The number of hydrogen-bond donors (Lipinski definition) is 0. The second kappa shape index (κ2) is 7.15. The summed E-state index contributed by atoms with van der Waals surface area (Å²) < 4.78 is 0. The molecule has 0 aromatic rings. The van der Waals surface area contributed by atoms with Gasteiger partial charge in [0, 0.05) is 5.33 Å². The smallest absolute Gasteiger partial charge is 0.00596 e. The van der Waals surface area contributed by atoms with Gasteiger partial charge in [-0.25, -0.2) is 0 Å². The maximum Gasteiger partial charge on any atom is 0.00596 e. The second-order valence-corrected chi connectivity index (χ2v) is 4.43. The summed E-state index contributed by atoms with van der Waals surface area (Å²) in [6.07, 6.45) is 5.50. The molecule has 0 aromatic heterocycles. The SMILES string of the molecule is CCCC(CBr)CCC(C)C. The fourth-order valence-corrected chi connectivity index (χ4v) is 1.92. The van der Waals surface area contributed by atoms with E-state index in [0.29, 0.717) is 0 Å². The molecule has 0 rings (SSSR count). The predicted octanol–water partition coefficient (Wildman–Crippen LogP) is 4.23. The molecule has 0 aliphatic carbocycles. The molecule has 0 nitrogen and oxygen atoms in total. The Morgan fingerprint density at radius 2 is 1.73 bits per heavy atom. The molecule has 0 aliphatic heterocycles. The zero-order valence-corrected chi connectivity index (χ0v) is 9.65. The van der Waals surface area contributed by atoms with Crippen molar-refractivity contribution in [3.8, 4) is 0 Å². The largest absolute Gasteiger partial charge is 0.0925 e. The van der Waals surface area contributed by atoms with E-state index in [2.05, 4.69) is 36.7 Å². The van der Waals surface area contributed by atoms with Gasteiger partial charge in [0.05, 0.1) is 0 Å². The highest BCUT2D eigenvalue weighted by atomic mass is 79.9. The standard InChI is InChI=1S/C10H21Br/c1-4-5-10(8-11)7-6-9(2)3/h9-10H,4-8H2,1-3H3. The summed E-state index contributed by atoms with van der Waals surface area (Å²) in [4.78, 5) is 0. The van der Waals surface area contributed by atoms with Gasteiger partial charge >= 0.3 is 0 Å². The van der Waals surface area contributed by atoms with Crippen molar-refractivity contribution in [2.75, 3.05) is 5.33 Å². The zero-order valence-electron chi connectivity index (χ0n) is 8.07. The van der Waals surface area contributed by atoms with Gasteiger partial charge in [0.1, 0.15) is 0 Å². The molecule has 68 valence electrons. The molecule has 0 saturated heterocycles. The van der Waals surface area contributed by atoms with Crippen LogP contribution in [0.4, 0.5) is 0 Å². The highest BCUT2D eigenvalue weighted by Gasteiger charge is 2.06. The quantitative estimate of drug-likeness (QED) is 0.588. The lowest BCUT2D eigenvalue weighted by Gasteiger charge is -2.13. The van der Waals surface area contributed by atoms with Gasteiger partial charge in [-0.15, -0.1) is 0 Å². The summed E-state index contributed by atoms with van der Waals surface area (Å²) >= 11 is 3.57. The van der Waals surface area contributed by atoms with Gasteiger partial charge in [0.2, 0.25) is 0 Å². The Labute approximate surface area is 79.9 Å². The Balaban J connectivity index is 3.35. The maximum atomic E-state index is 3.57. The molecule has 0 spiro atoms. The maximum absolute atomic E-state index is 3.57. The van der Waals surface area contributed by atoms with Crippen LogP contribution in [0.25, 0.3) is 0 Å². The minimum Gasteiger partial charge on any atom is -0.0925 e. The van der Waals surface area contributed by atoms with E-state index < -0.39 is 0 Å². The second-order valence-electron chi connectivity index (χ2n) is 3.78. The van der Waals surface area contributed by atoms with Gasteiger partial charge in [-0.05, 0) is 24.7 Å². The Kier molecular flexibility index (Phi) is 7.46. The van der Waals surface area contributed by atoms with Crippen LogP contribution in [0.5, 0.6) is 0 Å². The average Bonchev–Trinajstić information content (AvgIpc) is 1.97. The molecule has 0 bridgehead atoms. The summed E-state index contributed by atoms with van der Waals surface area (Å²) in [6.45, 7) is 6.87. The highest BCUT2D eigenvalue weighted by Crippen LogP contribution is 2.18. The van der Waals surface area contributed by atoms with Crippen LogP contribution in [0.1, 0.15) is 46.5 Å². The van der Waals surface area contributed by atoms with Gasteiger partial charge in [-0.1, -0.05) is 49.5 Å². The molecule has 0 saturated carbocycles. The Morgan fingerprint density at radius 1 is 1.09 bits per heavy atom. The van der Waals surface area contributed by atoms with Crippen molar-refractivity contribution in [3.05, 3.63) is 0 Å².